The van der Waals surface area contributed by atoms with Crippen LogP contribution in [0.4, 0.5) is 11.6 Å². The second-order valence-corrected chi connectivity index (χ2v) is 8.43. The van der Waals surface area contributed by atoms with Crippen molar-refractivity contribution in [2.45, 2.75) is 25.3 Å². The summed E-state index contributed by atoms with van der Waals surface area (Å²) in [5.41, 5.74) is 13.6. The van der Waals surface area contributed by atoms with Gasteiger partial charge >= 0.3 is 0 Å². The van der Waals surface area contributed by atoms with Gasteiger partial charge < -0.3 is 20.8 Å². The number of anilines is 2. The van der Waals surface area contributed by atoms with Crippen LogP contribution in [0, 0.1) is 5.92 Å². The fraction of sp³-hybridized carbons (Fsp3) is 0.286. The number of hydrogen-bond acceptors (Lipinski definition) is 6. The minimum Gasteiger partial charge on any atom is -0.493 e. The summed E-state index contributed by atoms with van der Waals surface area (Å²) in [6.45, 7) is 0.685. The molecule has 0 amide bonds. The van der Waals surface area contributed by atoms with Gasteiger partial charge in [-0.05, 0) is 65.4 Å². The summed E-state index contributed by atoms with van der Waals surface area (Å²) in [4.78, 5) is 12.9. The van der Waals surface area contributed by atoms with Crippen LogP contribution in [-0.4, -0.2) is 26.1 Å². The molecule has 4 N–H and O–H groups in total. The number of nitrogens with zero attached hydrogens (tertiary/aromatic N) is 4. The van der Waals surface area contributed by atoms with Crippen LogP contribution in [0.3, 0.4) is 0 Å². The van der Waals surface area contributed by atoms with Gasteiger partial charge in [0.2, 0.25) is 0 Å². The highest BCUT2D eigenvalue weighted by molar-refractivity contribution is 9.10. The lowest BCUT2D eigenvalue weighted by molar-refractivity contribution is 0.248. The van der Waals surface area contributed by atoms with Crippen LogP contribution in [0.25, 0.3) is 21.9 Å². The second kappa shape index (κ2) is 7.18. The van der Waals surface area contributed by atoms with Gasteiger partial charge in [0.1, 0.15) is 29.4 Å². The molecule has 3 heterocycles. The highest BCUT2D eigenvalue weighted by atomic mass is 79.9. The molecule has 1 aliphatic rings. The number of benzene rings is 1. The van der Waals surface area contributed by atoms with Crippen molar-refractivity contribution in [2.24, 2.45) is 5.92 Å². The maximum Gasteiger partial charge on any atom is 0.145 e. The standard InChI is InChI=1S/C21H21BrN6O/c22-17-8-13-2-4-15(9-18(13)27-20(17)24)29-10-12-1-3-14(7-12)28-6-5-16-19(23)25-11-26-21(16)28/h2,4-6,8-9,11-12,14H,1,3,7,10H2,(H2,24,27)(H2,23,25,26). The molecule has 1 saturated carbocycles. The molecule has 1 aromatic carbocycles. The zero-order valence-electron chi connectivity index (χ0n) is 15.8. The predicted octanol–water partition coefficient (Wildman–Crippen LogP) is 4.33. The van der Waals surface area contributed by atoms with E-state index in [2.05, 4.69) is 41.6 Å². The summed E-state index contributed by atoms with van der Waals surface area (Å²) >= 11 is 3.42. The first-order chi connectivity index (χ1) is 14.1. The fourth-order valence-corrected chi connectivity index (χ4v) is 4.51. The molecule has 0 bridgehead atoms. The first-order valence-electron chi connectivity index (χ1n) is 9.64. The third-order valence-electron chi connectivity index (χ3n) is 5.70. The van der Waals surface area contributed by atoms with Crippen molar-refractivity contribution < 1.29 is 4.74 Å². The van der Waals surface area contributed by atoms with Gasteiger partial charge in [-0.15, -0.1) is 0 Å². The molecule has 1 fully saturated rings. The number of fused-ring (bicyclic) bond motifs is 2. The zero-order valence-corrected chi connectivity index (χ0v) is 17.3. The van der Waals surface area contributed by atoms with Crippen LogP contribution in [-0.2, 0) is 0 Å². The summed E-state index contributed by atoms with van der Waals surface area (Å²) < 4.78 is 9.13. The van der Waals surface area contributed by atoms with E-state index < -0.39 is 0 Å². The number of halogens is 1. The Bertz CT molecular complexity index is 1210. The lowest BCUT2D eigenvalue weighted by Crippen LogP contribution is -2.11. The number of rotatable bonds is 4. The Balaban J connectivity index is 1.27. The van der Waals surface area contributed by atoms with Crippen LogP contribution >= 0.6 is 15.9 Å². The predicted molar refractivity (Wildman–Crippen MR) is 118 cm³/mol. The first kappa shape index (κ1) is 18.2. The summed E-state index contributed by atoms with van der Waals surface area (Å²) in [7, 11) is 0. The van der Waals surface area contributed by atoms with E-state index in [1.807, 2.05) is 30.3 Å². The lowest BCUT2D eigenvalue weighted by atomic mass is 10.1. The van der Waals surface area contributed by atoms with Gasteiger partial charge in [-0.25, -0.2) is 15.0 Å². The van der Waals surface area contributed by atoms with E-state index in [4.69, 9.17) is 16.2 Å². The van der Waals surface area contributed by atoms with Crippen molar-refractivity contribution in [2.75, 3.05) is 18.1 Å². The van der Waals surface area contributed by atoms with Crippen LogP contribution < -0.4 is 16.2 Å². The summed E-state index contributed by atoms with van der Waals surface area (Å²) in [5.74, 6) is 2.33. The maximum atomic E-state index is 6.09. The summed E-state index contributed by atoms with van der Waals surface area (Å²) in [6.07, 6.45) is 6.88. The quantitative estimate of drug-likeness (QED) is 0.477. The Kier molecular flexibility index (Phi) is 4.50. The zero-order chi connectivity index (χ0) is 20.0. The van der Waals surface area contributed by atoms with E-state index >= 15 is 0 Å². The van der Waals surface area contributed by atoms with Crippen molar-refractivity contribution in [3.8, 4) is 5.75 Å². The van der Waals surface area contributed by atoms with E-state index in [0.29, 0.717) is 30.2 Å². The normalized spacial score (nSPS) is 19.2. The van der Waals surface area contributed by atoms with E-state index in [9.17, 15) is 0 Å². The monoisotopic (exact) mass is 452 g/mol. The van der Waals surface area contributed by atoms with Gasteiger partial charge in [0, 0.05) is 23.7 Å². The number of pyridine rings is 1. The molecule has 29 heavy (non-hydrogen) atoms. The lowest BCUT2D eigenvalue weighted by Gasteiger charge is -2.15. The van der Waals surface area contributed by atoms with E-state index in [-0.39, 0.29) is 0 Å². The molecule has 7 nitrogen and oxygen atoms in total. The Morgan fingerprint density at radius 3 is 2.90 bits per heavy atom. The van der Waals surface area contributed by atoms with Gasteiger partial charge in [-0.1, -0.05) is 0 Å². The molecule has 5 rings (SSSR count). The van der Waals surface area contributed by atoms with Gasteiger partial charge in [0.15, 0.2) is 0 Å². The van der Waals surface area contributed by atoms with E-state index in [1.165, 1.54) is 6.33 Å². The number of nitrogens with two attached hydrogens (primary N) is 2. The minimum atomic E-state index is 0.408. The molecule has 0 radical (unpaired) electrons. The Morgan fingerprint density at radius 2 is 2.00 bits per heavy atom. The fourth-order valence-electron chi connectivity index (χ4n) is 4.18. The highest BCUT2D eigenvalue weighted by Gasteiger charge is 2.27. The topological polar surface area (TPSA) is 105 Å². The van der Waals surface area contributed by atoms with Crippen molar-refractivity contribution >= 4 is 49.5 Å². The van der Waals surface area contributed by atoms with E-state index in [0.717, 1.165) is 51.4 Å². The number of aromatic nitrogens is 4. The summed E-state index contributed by atoms with van der Waals surface area (Å²) in [6, 6.07) is 10.3. The molecule has 0 aliphatic heterocycles. The molecule has 8 heteroatoms. The molecule has 4 aromatic rings. The average Bonchev–Trinajstić information content (AvgIpc) is 3.35. The van der Waals surface area contributed by atoms with Crippen molar-refractivity contribution in [1.82, 2.24) is 19.5 Å². The average molecular weight is 453 g/mol. The number of hydrogen-bond donors (Lipinski definition) is 2. The van der Waals surface area contributed by atoms with Crippen LogP contribution in [0.5, 0.6) is 5.75 Å². The SMILES string of the molecule is Nc1nc2cc(OCC3CCC(n4ccc5c(N)ncnc54)C3)ccc2cc1Br. The van der Waals surface area contributed by atoms with Crippen LogP contribution in [0.2, 0.25) is 0 Å². The molecular formula is C21H21BrN6O. The van der Waals surface area contributed by atoms with Gasteiger partial charge in [-0.3, -0.25) is 0 Å². The molecule has 0 spiro atoms. The van der Waals surface area contributed by atoms with Crippen LogP contribution in [0.1, 0.15) is 25.3 Å². The molecule has 148 valence electrons. The van der Waals surface area contributed by atoms with Crippen molar-refractivity contribution in [3.05, 3.63) is 47.3 Å². The highest BCUT2D eigenvalue weighted by Crippen LogP contribution is 2.37. The molecular weight excluding hydrogens is 432 g/mol. The van der Waals surface area contributed by atoms with Crippen molar-refractivity contribution in [1.29, 1.82) is 0 Å². The molecule has 0 saturated heterocycles. The third kappa shape index (κ3) is 3.37. The Labute approximate surface area is 176 Å². The van der Waals surface area contributed by atoms with Gasteiger partial charge in [0.25, 0.3) is 0 Å². The number of nitrogen functional groups attached to an aromatic ring is 2. The third-order valence-corrected chi connectivity index (χ3v) is 6.34. The maximum absolute atomic E-state index is 6.09. The Morgan fingerprint density at radius 1 is 1.10 bits per heavy atom. The van der Waals surface area contributed by atoms with Crippen molar-refractivity contribution in [3.63, 3.8) is 0 Å². The molecule has 1 aliphatic carbocycles. The number of ether oxygens (including phenoxy) is 1. The largest absolute Gasteiger partial charge is 0.493 e. The Hall–Kier alpha value is -2.87. The smallest absolute Gasteiger partial charge is 0.145 e. The summed E-state index contributed by atoms with van der Waals surface area (Å²) in [5, 5.41) is 1.95. The van der Waals surface area contributed by atoms with Gasteiger partial charge in [-0.2, -0.15) is 0 Å². The molecule has 3 aromatic heterocycles. The van der Waals surface area contributed by atoms with Crippen LogP contribution in [0.15, 0.2) is 47.3 Å². The first-order valence-corrected chi connectivity index (χ1v) is 10.4. The van der Waals surface area contributed by atoms with E-state index in [1.54, 1.807) is 0 Å². The molecule has 2 atom stereocenters. The second-order valence-electron chi connectivity index (χ2n) is 7.57. The van der Waals surface area contributed by atoms with Gasteiger partial charge in [0.05, 0.1) is 22.0 Å². The minimum absolute atomic E-state index is 0.408. The molecule has 2 unspecified atom stereocenters.